The van der Waals surface area contributed by atoms with Crippen LogP contribution in [0.15, 0.2) is 23.3 Å². The molecule has 1 amide bonds. The number of rotatable bonds is 1. The molecule has 0 aromatic heterocycles. The van der Waals surface area contributed by atoms with E-state index in [0.29, 0.717) is 0 Å². The molecule has 1 rings (SSSR count). The van der Waals surface area contributed by atoms with Crippen LogP contribution in [-0.2, 0) is 4.79 Å². The highest BCUT2D eigenvalue weighted by molar-refractivity contribution is 5.81. The van der Waals surface area contributed by atoms with Crippen molar-refractivity contribution in [3.63, 3.8) is 0 Å². The molecular formula is C13H22N2O. The number of nitrogens with two attached hydrogens (primary N) is 1. The smallest absolute Gasteiger partial charge is 0.244 e. The van der Waals surface area contributed by atoms with E-state index in [0.717, 1.165) is 12.0 Å². The number of hydrogen-bond acceptors (Lipinski definition) is 2. The van der Waals surface area contributed by atoms with Gasteiger partial charge in [-0.05, 0) is 41.0 Å². The van der Waals surface area contributed by atoms with Crippen LogP contribution in [0.1, 0.15) is 41.0 Å². The quantitative estimate of drug-likeness (QED) is 0.420. The Bertz CT molecular complexity index is 347. The second-order valence-corrected chi connectivity index (χ2v) is 5.59. The van der Waals surface area contributed by atoms with E-state index in [4.69, 9.17) is 5.84 Å². The summed E-state index contributed by atoms with van der Waals surface area (Å²) in [5.41, 5.74) is 2.05. The van der Waals surface area contributed by atoms with Crippen LogP contribution in [-0.4, -0.2) is 16.5 Å². The summed E-state index contributed by atoms with van der Waals surface area (Å²) < 4.78 is 0. The Balaban J connectivity index is 2.81. The van der Waals surface area contributed by atoms with Gasteiger partial charge in [-0.3, -0.25) is 9.80 Å². The second kappa shape index (κ2) is 4.42. The molecule has 0 heterocycles. The SMILES string of the molecule is CC1=CC(C(=O)N(N)C(C)(C)C)CC(C)=C1. The van der Waals surface area contributed by atoms with Gasteiger partial charge >= 0.3 is 0 Å². The summed E-state index contributed by atoms with van der Waals surface area (Å²) in [6.45, 7) is 9.88. The number of amides is 1. The molecule has 0 radical (unpaired) electrons. The fourth-order valence-corrected chi connectivity index (χ4v) is 1.89. The van der Waals surface area contributed by atoms with E-state index in [9.17, 15) is 4.79 Å². The minimum absolute atomic E-state index is 0.000648. The van der Waals surface area contributed by atoms with Crippen molar-refractivity contribution in [2.45, 2.75) is 46.6 Å². The third kappa shape index (κ3) is 2.95. The predicted molar refractivity (Wildman–Crippen MR) is 66.4 cm³/mol. The molecule has 3 nitrogen and oxygen atoms in total. The summed E-state index contributed by atoms with van der Waals surface area (Å²) in [6, 6.07) is 0. The van der Waals surface area contributed by atoms with Crippen molar-refractivity contribution >= 4 is 5.91 Å². The van der Waals surface area contributed by atoms with Crippen molar-refractivity contribution in [2.24, 2.45) is 11.8 Å². The van der Waals surface area contributed by atoms with Gasteiger partial charge in [-0.2, -0.15) is 0 Å². The van der Waals surface area contributed by atoms with E-state index in [2.05, 4.69) is 13.0 Å². The summed E-state index contributed by atoms with van der Waals surface area (Å²) in [6.07, 6.45) is 4.89. The van der Waals surface area contributed by atoms with Crippen LogP contribution in [0.25, 0.3) is 0 Å². The maximum absolute atomic E-state index is 12.2. The normalized spacial score (nSPS) is 21.2. The first kappa shape index (κ1) is 13.0. The average Bonchev–Trinajstić information content (AvgIpc) is 2.12. The lowest BCUT2D eigenvalue weighted by Gasteiger charge is -2.34. The summed E-state index contributed by atoms with van der Waals surface area (Å²) in [7, 11) is 0. The topological polar surface area (TPSA) is 46.3 Å². The highest BCUT2D eigenvalue weighted by Crippen LogP contribution is 2.25. The van der Waals surface area contributed by atoms with Gasteiger partial charge in [-0.1, -0.05) is 23.3 Å². The molecule has 1 aliphatic carbocycles. The maximum atomic E-state index is 12.2. The highest BCUT2D eigenvalue weighted by atomic mass is 16.2. The molecule has 2 N–H and O–H groups in total. The Morgan fingerprint density at radius 2 is 2.00 bits per heavy atom. The van der Waals surface area contributed by atoms with Crippen molar-refractivity contribution in [1.82, 2.24) is 5.01 Å². The summed E-state index contributed by atoms with van der Waals surface area (Å²) in [4.78, 5) is 12.2. The van der Waals surface area contributed by atoms with Crippen LogP contribution in [0, 0.1) is 5.92 Å². The van der Waals surface area contributed by atoms with Crippen LogP contribution in [0.5, 0.6) is 0 Å². The van der Waals surface area contributed by atoms with Crippen LogP contribution in [0.3, 0.4) is 0 Å². The minimum atomic E-state index is -0.326. The zero-order valence-electron chi connectivity index (χ0n) is 10.9. The van der Waals surface area contributed by atoms with Gasteiger partial charge in [0, 0.05) is 0 Å². The fraction of sp³-hybridized carbons (Fsp3) is 0.615. The molecule has 3 heteroatoms. The molecule has 0 aromatic rings. The maximum Gasteiger partial charge on any atom is 0.244 e. The Morgan fingerprint density at radius 1 is 1.44 bits per heavy atom. The van der Waals surface area contributed by atoms with Gasteiger partial charge in [-0.15, -0.1) is 0 Å². The molecule has 0 aromatic carbocycles. The third-order valence-electron chi connectivity index (χ3n) is 2.76. The van der Waals surface area contributed by atoms with E-state index < -0.39 is 0 Å². The minimum Gasteiger partial charge on any atom is -0.275 e. The molecule has 0 aliphatic heterocycles. The molecule has 0 saturated carbocycles. The van der Waals surface area contributed by atoms with Crippen molar-refractivity contribution in [3.8, 4) is 0 Å². The molecule has 0 saturated heterocycles. The molecule has 1 aliphatic rings. The van der Waals surface area contributed by atoms with Crippen molar-refractivity contribution < 1.29 is 4.79 Å². The van der Waals surface area contributed by atoms with Gasteiger partial charge in [-0.25, -0.2) is 5.84 Å². The zero-order chi connectivity index (χ0) is 12.5. The average molecular weight is 222 g/mol. The number of allylic oxidation sites excluding steroid dienone is 3. The fourth-order valence-electron chi connectivity index (χ4n) is 1.89. The van der Waals surface area contributed by atoms with Crippen molar-refractivity contribution in [1.29, 1.82) is 0 Å². The number of nitrogens with zero attached hydrogens (tertiary/aromatic N) is 1. The molecule has 90 valence electrons. The van der Waals surface area contributed by atoms with Gasteiger partial charge in [0.25, 0.3) is 0 Å². The second-order valence-electron chi connectivity index (χ2n) is 5.59. The molecule has 0 fully saturated rings. The van der Waals surface area contributed by atoms with E-state index in [1.807, 2.05) is 33.8 Å². The number of hydrogen-bond donors (Lipinski definition) is 1. The van der Waals surface area contributed by atoms with Gasteiger partial charge in [0.2, 0.25) is 5.91 Å². The summed E-state index contributed by atoms with van der Waals surface area (Å²) >= 11 is 0. The van der Waals surface area contributed by atoms with E-state index in [-0.39, 0.29) is 17.4 Å². The first-order valence-corrected chi connectivity index (χ1v) is 5.66. The highest BCUT2D eigenvalue weighted by Gasteiger charge is 2.29. The summed E-state index contributed by atoms with van der Waals surface area (Å²) in [5, 5.41) is 1.35. The molecule has 1 unspecified atom stereocenters. The Labute approximate surface area is 98.0 Å². The zero-order valence-corrected chi connectivity index (χ0v) is 10.9. The van der Waals surface area contributed by atoms with Crippen LogP contribution in [0.2, 0.25) is 0 Å². The monoisotopic (exact) mass is 222 g/mol. The first-order valence-electron chi connectivity index (χ1n) is 5.66. The largest absolute Gasteiger partial charge is 0.275 e. The van der Waals surface area contributed by atoms with Crippen molar-refractivity contribution in [3.05, 3.63) is 23.3 Å². The lowest BCUT2D eigenvalue weighted by molar-refractivity contribution is -0.139. The standard InChI is InChI=1S/C13H22N2O/c1-9-6-10(2)8-11(7-9)12(16)15(14)13(3,4)5/h6-7,11H,8,14H2,1-5H3. The predicted octanol–water partition coefficient (Wildman–Crippen LogP) is 2.40. The van der Waals surface area contributed by atoms with E-state index >= 15 is 0 Å². The third-order valence-corrected chi connectivity index (χ3v) is 2.76. The number of carbonyl (C=O) groups excluding carboxylic acids is 1. The van der Waals surface area contributed by atoms with E-state index in [1.165, 1.54) is 10.6 Å². The molecule has 0 bridgehead atoms. The Kier molecular flexibility index (Phi) is 3.58. The molecule has 0 spiro atoms. The summed E-state index contributed by atoms with van der Waals surface area (Å²) in [5.74, 6) is 5.75. The Hall–Kier alpha value is -1.09. The van der Waals surface area contributed by atoms with Crippen LogP contribution >= 0.6 is 0 Å². The molecule has 16 heavy (non-hydrogen) atoms. The number of hydrazine groups is 1. The van der Waals surface area contributed by atoms with Gasteiger partial charge < -0.3 is 0 Å². The lowest BCUT2D eigenvalue weighted by Crippen LogP contribution is -2.52. The lowest BCUT2D eigenvalue weighted by atomic mass is 9.90. The first-order chi connectivity index (χ1) is 7.21. The van der Waals surface area contributed by atoms with Gasteiger partial charge in [0.15, 0.2) is 0 Å². The van der Waals surface area contributed by atoms with Gasteiger partial charge in [0.05, 0.1) is 11.5 Å². The van der Waals surface area contributed by atoms with E-state index in [1.54, 1.807) is 0 Å². The molecule has 1 atom stereocenters. The number of carbonyl (C=O) groups is 1. The Morgan fingerprint density at radius 3 is 2.44 bits per heavy atom. The van der Waals surface area contributed by atoms with Crippen LogP contribution in [0.4, 0.5) is 0 Å². The van der Waals surface area contributed by atoms with Gasteiger partial charge in [0.1, 0.15) is 0 Å². The van der Waals surface area contributed by atoms with Crippen LogP contribution < -0.4 is 5.84 Å². The van der Waals surface area contributed by atoms with Crippen molar-refractivity contribution in [2.75, 3.05) is 0 Å². The molecular weight excluding hydrogens is 200 g/mol.